The monoisotopic (exact) mass is 526 g/mol. The molecular formula is C29H42N4O3S. The van der Waals surface area contributed by atoms with Crippen LogP contribution in [0.15, 0.2) is 35.7 Å². The number of fused-ring (bicyclic) bond motifs is 3. The van der Waals surface area contributed by atoms with Crippen molar-refractivity contribution < 1.29 is 14.3 Å². The van der Waals surface area contributed by atoms with Crippen LogP contribution in [0.1, 0.15) is 76.2 Å². The molecule has 0 atom stereocenters. The van der Waals surface area contributed by atoms with Crippen molar-refractivity contribution in [2.24, 2.45) is 0 Å². The van der Waals surface area contributed by atoms with Gasteiger partial charge in [-0.25, -0.2) is 4.98 Å². The zero-order valence-electron chi connectivity index (χ0n) is 23.2. The molecule has 4 rings (SSSR count). The molecular weight excluding hydrogens is 484 g/mol. The van der Waals surface area contributed by atoms with Gasteiger partial charge in [0.25, 0.3) is 0 Å². The number of carbonyl (C=O) groups excluding carboxylic acids is 1. The van der Waals surface area contributed by atoms with Gasteiger partial charge in [0.2, 0.25) is 0 Å². The summed E-state index contributed by atoms with van der Waals surface area (Å²) in [6.07, 6.45) is 6.11. The number of methoxy groups -OCH3 is 1. The molecule has 202 valence electrons. The van der Waals surface area contributed by atoms with Gasteiger partial charge in [0.15, 0.2) is 5.65 Å². The van der Waals surface area contributed by atoms with E-state index in [1.807, 2.05) is 70.3 Å². The van der Waals surface area contributed by atoms with Gasteiger partial charge in [-0.3, -0.25) is 9.20 Å². The maximum Gasteiger partial charge on any atom is 0.183 e. The average Bonchev–Trinajstić information content (AvgIpc) is 3.58. The van der Waals surface area contributed by atoms with E-state index in [0.717, 1.165) is 70.9 Å². The van der Waals surface area contributed by atoms with Crippen molar-refractivity contribution in [3.05, 3.63) is 52.1 Å². The van der Waals surface area contributed by atoms with Gasteiger partial charge >= 0.3 is 0 Å². The van der Waals surface area contributed by atoms with Crippen LogP contribution in [0.2, 0.25) is 0 Å². The second kappa shape index (κ2) is 16.8. The summed E-state index contributed by atoms with van der Waals surface area (Å²) >= 11 is 1.65. The van der Waals surface area contributed by atoms with Crippen LogP contribution in [0.5, 0.6) is 5.75 Å². The van der Waals surface area contributed by atoms with Crippen molar-refractivity contribution in [2.45, 2.75) is 79.6 Å². The Morgan fingerprint density at radius 1 is 1.00 bits per heavy atom. The summed E-state index contributed by atoms with van der Waals surface area (Å²) in [5.41, 5.74) is 3.61. The van der Waals surface area contributed by atoms with Crippen molar-refractivity contribution in [1.82, 2.24) is 19.6 Å². The maximum atomic E-state index is 12.1. The Labute approximate surface area is 225 Å². The Balaban J connectivity index is 0.00000115. The highest BCUT2D eigenvalue weighted by atomic mass is 32.1. The first-order valence-corrected chi connectivity index (χ1v) is 14.3. The summed E-state index contributed by atoms with van der Waals surface area (Å²) in [6, 6.07) is 9.94. The van der Waals surface area contributed by atoms with Crippen LogP contribution >= 0.6 is 11.3 Å². The molecule has 37 heavy (non-hydrogen) atoms. The van der Waals surface area contributed by atoms with E-state index in [9.17, 15) is 4.79 Å². The molecule has 0 saturated heterocycles. The summed E-state index contributed by atoms with van der Waals surface area (Å²) in [6.45, 7) is 11.0. The largest absolute Gasteiger partial charge is 0.491 e. The molecule has 7 nitrogen and oxygen atoms in total. The minimum Gasteiger partial charge on any atom is -0.491 e. The molecule has 0 N–H and O–H groups in total. The summed E-state index contributed by atoms with van der Waals surface area (Å²) in [4.78, 5) is 18.2. The van der Waals surface area contributed by atoms with Gasteiger partial charge in [-0.1, -0.05) is 46.6 Å². The van der Waals surface area contributed by atoms with Crippen LogP contribution in [-0.2, 0) is 22.4 Å². The Morgan fingerprint density at radius 3 is 2.51 bits per heavy atom. The topological polar surface area (TPSA) is 78.6 Å². The van der Waals surface area contributed by atoms with Gasteiger partial charge in [-0.05, 0) is 49.8 Å². The SMILES string of the molecule is CC.CC.COCCOc1ccc2c(c1)nc(CCCCCCC(=O)Cc1cccs1)c1nnc(C)n12. The van der Waals surface area contributed by atoms with E-state index in [1.54, 1.807) is 18.4 Å². The smallest absolute Gasteiger partial charge is 0.183 e. The van der Waals surface area contributed by atoms with E-state index in [2.05, 4.69) is 14.6 Å². The van der Waals surface area contributed by atoms with Crippen molar-refractivity contribution in [1.29, 1.82) is 0 Å². The predicted octanol–water partition coefficient (Wildman–Crippen LogP) is 7.03. The maximum absolute atomic E-state index is 12.1. The molecule has 0 fully saturated rings. The van der Waals surface area contributed by atoms with Crippen molar-refractivity contribution in [3.63, 3.8) is 0 Å². The fourth-order valence-electron chi connectivity index (χ4n) is 3.98. The quantitative estimate of drug-likeness (QED) is 0.174. The number of carbonyl (C=O) groups is 1. The number of ether oxygens (including phenoxy) is 2. The van der Waals surface area contributed by atoms with Gasteiger partial charge in [-0.15, -0.1) is 21.5 Å². The number of thiophene rings is 1. The number of aromatic nitrogens is 4. The number of rotatable bonds is 13. The number of hydrogen-bond donors (Lipinski definition) is 0. The molecule has 0 aliphatic heterocycles. The van der Waals surface area contributed by atoms with Crippen LogP contribution in [0.4, 0.5) is 0 Å². The molecule has 0 spiro atoms. The Morgan fingerprint density at radius 2 is 1.78 bits per heavy atom. The van der Waals surface area contributed by atoms with Crippen LogP contribution in [0, 0.1) is 6.92 Å². The summed E-state index contributed by atoms with van der Waals surface area (Å²) < 4.78 is 12.9. The third-order valence-corrected chi connectivity index (χ3v) is 6.53. The van der Waals surface area contributed by atoms with Crippen LogP contribution < -0.4 is 4.74 Å². The highest BCUT2D eigenvalue weighted by Crippen LogP contribution is 2.24. The highest BCUT2D eigenvalue weighted by molar-refractivity contribution is 7.10. The molecule has 0 saturated carbocycles. The molecule has 4 aromatic rings. The van der Waals surface area contributed by atoms with E-state index >= 15 is 0 Å². The number of nitrogens with zero attached hydrogens (tertiary/aromatic N) is 4. The van der Waals surface area contributed by atoms with Crippen molar-refractivity contribution >= 4 is 33.8 Å². The van der Waals surface area contributed by atoms with E-state index in [4.69, 9.17) is 14.5 Å². The number of unbranched alkanes of at least 4 members (excludes halogenated alkanes) is 3. The number of Topliss-reactive ketones (excluding diaryl/α,β-unsaturated/α-hetero) is 1. The average molecular weight is 527 g/mol. The van der Waals surface area contributed by atoms with Crippen LogP contribution in [-0.4, -0.2) is 45.7 Å². The molecule has 0 aliphatic carbocycles. The van der Waals surface area contributed by atoms with E-state index in [0.29, 0.717) is 31.8 Å². The first-order chi connectivity index (χ1) is 18.2. The predicted molar refractivity (Wildman–Crippen MR) is 153 cm³/mol. The van der Waals surface area contributed by atoms with Gasteiger partial charge < -0.3 is 9.47 Å². The first kappa shape index (κ1) is 30.4. The molecule has 0 bridgehead atoms. The number of aryl methyl sites for hydroxylation is 2. The molecule has 0 aliphatic rings. The summed E-state index contributed by atoms with van der Waals surface area (Å²) in [5, 5.41) is 10.7. The zero-order chi connectivity index (χ0) is 27.0. The van der Waals surface area contributed by atoms with E-state index in [1.165, 1.54) is 0 Å². The molecule has 3 aromatic heterocycles. The molecule has 0 radical (unpaired) electrons. The van der Waals surface area contributed by atoms with Crippen LogP contribution in [0.3, 0.4) is 0 Å². The van der Waals surface area contributed by atoms with E-state index < -0.39 is 0 Å². The Bertz CT molecular complexity index is 1210. The molecule has 8 heteroatoms. The molecule has 0 unspecified atom stereocenters. The molecule has 3 heterocycles. The number of ketones is 1. The second-order valence-corrected chi connectivity index (χ2v) is 9.20. The Kier molecular flexibility index (Phi) is 13.8. The van der Waals surface area contributed by atoms with Gasteiger partial charge in [-0.2, -0.15) is 0 Å². The van der Waals surface area contributed by atoms with Gasteiger partial charge in [0.1, 0.15) is 24.0 Å². The number of benzene rings is 1. The fraction of sp³-hybridized carbons (Fsp3) is 0.517. The summed E-state index contributed by atoms with van der Waals surface area (Å²) in [5.74, 6) is 1.95. The standard InChI is InChI=1S/C25H30N4O3S.2C2H6/c1-18-27-28-25-22(10-6-4-3-5-8-19(30)16-21-9-7-15-33-21)26-23-17-20(32-14-13-31-2)11-12-24(23)29(18)25;2*1-2/h7,9,11-12,15,17H,3-6,8,10,13-14,16H2,1-2H3;2*1-2H3. The lowest BCUT2D eigenvalue weighted by Gasteiger charge is -2.10. The van der Waals surface area contributed by atoms with Gasteiger partial charge in [0.05, 0.1) is 23.3 Å². The third kappa shape index (κ3) is 8.90. The lowest BCUT2D eigenvalue weighted by atomic mass is 10.1. The van der Waals surface area contributed by atoms with E-state index in [-0.39, 0.29) is 0 Å². The normalized spacial score (nSPS) is 10.5. The molecule has 0 amide bonds. The lowest BCUT2D eigenvalue weighted by Crippen LogP contribution is -2.05. The minimum absolute atomic E-state index is 0.331. The van der Waals surface area contributed by atoms with Crippen LogP contribution in [0.25, 0.3) is 16.7 Å². The zero-order valence-corrected chi connectivity index (χ0v) is 24.1. The third-order valence-electron chi connectivity index (χ3n) is 5.65. The fourth-order valence-corrected chi connectivity index (χ4v) is 4.71. The Hall–Kier alpha value is -2.84. The first-order valence-electron chi connectivity index (χ1n) is 13.5. The minimum atomic E-state index is 0.331. The molecule has 1 aromatic carbocycles. The van der Waals surface area contributed by atoms with Gasteiger partial charge in [0, 0.05) is 30.9 Å². The van der Waals surface area contributed by atoms with Crippen molar-refractivity contribution in [3.8, 4) is 5.75 Å². The van der Waals surface area contributed by atoms with Crippen molar-refractivity contribution in [2.75, 3.05) is 20.3 Å². The second-order valence-electron chi connectivity index (χ2n) is 8.17. The summed E-state index contributed by atoms with van der Waals surface area (Å²) in [7, 11) is 1.66. The lowest BCUT2D eigenvalue weighted by molar-refractivity contribution is -0.118. The highest BCUT2D eigenvalue weighted by Gasteiger charge is 2.14. The number of hydrogen-bond acceptors (Lipinski definition) is 7.